The van der Waals surface area contributed by atoms with Crippen molar-refractivity contribution in [2.75, 3.05) is 40.0 Å². The number of ether oxygens (including phenoxy) is 2. The van der Waals surface area contributed by atoms with Gasteiger partial charge in [-0.05, 0) is 36.8 Å². The maximum absolute atomic E-state index is 13.0. The lowest BCUT2D eigenvalue weighted by Crippen LogP contribution is -2.39. The first-order valence-corrected chi connectivity index (χ1v) is 9.81. The Bertz CT molecular complexity index is 657. The summed E-state index contributed by atoms with van der Waals surface area (Å²) in [6.07, 6.45) is 2.21. The van der Waals surface area contributed by atoms with Crippen molar-refractivity contribution in [3.8, 4) is 0 Å². The standard InChI is InChI=1S/C21H30N2O4/c1-15-5-3-4-6-17(15)20-18(13-19(24)23(20)9-12-26-2)21(25)22-14-16-7-10-27-11-8-16/h3-6,16,18,20H,7-14H2,1-2H3,(H,22,25)/t18-,20+/m1/s1. The van der Waals surface area contributed by atoms with Gasteiger partial charge in [-0.3, -0.25) is 9.59 Å². The minimum absolute atomic E-state index is 0.0199. The molecule has 0 radical (unpaired) electrons. The van der Waals surface area contributed by atoms with Crippen molar-refractivity contribution in [1.82, 2.24) is 10.2 Å². The summed E-state index contributed by atoms with van der Waals surface area (Å²) in [5.41, 5.74) is 2.15. The Morgan fingerprint density at radius 2 is 2.04 bits per heavy atom. The van der Waals surface area contributed by atoms with E-state index in [0.717, 1.165) is 37.2 Å². The normalized spacial score (nSPS) is 23.6. The predicted molar refractivity (Wildman–Crippen MR) is 102 cm³/mol. The van der Waals surface area contributed by atoms with Gasteiger partial charge in [0.15, 0.2) is 0 Å². The topological polar surface area (TPSA) is 67.9 Å². The highest BCUT2D eigenvalue weighted by atomic mass is 16.5. The molecule has 2 fully saturated rings. The second-order valence-electron chi connectivity index (χ2n) is 7.49. The zero-order valence-corrected chi connectivity index (χ0v) is 16.3. The number of likely N-dealkylation sites (tertiary alicyclic amines) is 1. The molecule has 3 rings (SSSR count). The summed E-state index contributed by atoms with van der Waals surface area (Å²) in [6.45, 7) is 5.18. The van der Waals surface area contributed by atoms with Gasteiger partial charge in [0.05, 0.1) is 18.6 Å². The fourth-order valence-corrected chi connectivity index (χ4v) is 4.11. The van der Waals surface area contributed by atoms with Crippen LogP contribution in [0.1, 0.15) is 36.4 Å². The molecule has 2 atom stereocenters. The average Bonchev–Trinajstić information content (AvgIpc) is 3.02. The minimum atomic E-state index is -0.365. The fourth-order valence-electron chi connectivity index (χ4n) is 4.11. The van der Waals surface area contributed by atoms with E-state index in [1.165, 1.54) is 0 Å². The quantitative estimate of drug-likeness (QED) is 0.793. The van der Waals surface area contributed by atoms with Crippen LogP contribution in [0.5, 0.6) is 0 Å². The molecule has 2 saturated heterocycles. The molecule has 6 heteroatoms. The van der Waals surface area contributed by atoms with E-state index in [4.69, 9.17) is 9.47 Å². The first-order chi connectivity index (χ1) is 13.1. The van der Waals surface area contributed by atoms with E-state index in [2.05, 4.69) is 5.32 Å². The molecule has 148 valence electrons. The lowest BCUT2D eigenvalue weighted by atomic mass is 9.90. The van der Waals surface area contributed by atoms with E-state index in [1.807, 2.05) is 36.1 Å². The third-order valence-corrected chi connectivity index (χ3v) is 5.72. The molecule has 0 aromatic heterocycles. The fraction of sp³-hybridized carbons (Fsp3) is 0.619. The number of benzene rings is 1. The molecule has 2 amide bonds. The maximum atomic E-state index is 13.0. The summed E-state index contributed by atoms with van der Waals surface area (Å²) in [5.74, 6) is 0.0890. The lowest BCUT2D eigenvalue weighted by Gasteiger charge is -2.30. The first kappa shape index (κ1) is 19.8. The molecular formula is C21H30N2O4. The van der Waals surface area contributed by atoms with Crippen molar-refractivity contribution < 1.29 is 19.1 Å². The number of hydrogen-bond acceptors (Lipinski definition) is 4. The van der Waals surface area contributed by atoms with E-state index in [0.29, 0.717) is 25.6 Å². The second kappa shape index (κ2) is 9.33. The lowest BCUT2D eigenvalue weighted by molar-refractivity contribution is -0.129. The van der Waals surface area contributed by atoms with Crippen LogP contribution >= 0.6 is 0 Å². The van der Waals surface area contributed by atoms with Crippen LogP contribution in [0, 0.1) is 18.8 Å². The van der Waals surface area contributed by atoms with Crippen LogP contribution in [0.2, 0.25) is 0 Å². The van der Waals surface area contributed by atoms with Gasteiger partial charge < -0.3 is 19.7 Å². The molecule has 0 bridgehead atoms. The summed E-state index contributed by atoms with van der Waals surface area (Å²) in [4.78, 5) is 27.5. The average molecular weight is 374 g/mol. The van der Waals surface area contributed by atoms with Gasteiger partial charge in [0, 0.05) is 39.8 Å². The highest BCUT2D eigenvalue weighted by molar-refractivity contribution is 5.90. The van der Waals surface area contributed by atoms with Crippen LogP contribution in [0.25, 0.3) is 0 Å². The van der Waals surface area contributed by atoms with Crippen molar-refractivity contribution >= 4 is 11.8 Å². The molecule has 1 N–H and O–H groups in total. The monoisotopic (exact) mass is 374 g/mol. The number of amides is 2. The van der Waals surface area contributed by atoms with Gasteiger partial charge in [0.25, 0.3) is 0 Å². The summed E-state index contributed by atoms with van der Waals surface area (Å²) in [5, 5.41) is 3.11. The summed E-state index contributed by atoms with van der Waals surface area (Å²) in [6, 6.07) is 7.77. The molecule has 2 aliphatic heterocycles. The second-order valence-corrected chi connectivity index (χ2v) is 7.49. The Labute approximate surface area is 161 Å². The molecule has 0 spiro atoms. The highest BCUT2D eigenvalue weighted by Crippen LogP contribution is 2.39. The largest absolute Gasteiger partial charge is 0.383 e. The van der Waals surface area contributed by atoms with Gasteiger partial charge >= 0.3 is 0 Å². The van der Waals surface area contributed by atoms with Gasteiger partial charge in [0.1, 0.15) is 0 Å². The van der Waals surface area contributed by atoms with Crippen molar-refractivity contribution in [1.29, 1.82) is 0 Å². The number of nitrogens with zero attached hydrogens (tertiary/aromatic N) is 1. The van der Waals surface area contributed by atoms with E-state index < -0.39 is 0 Å². The smallest absolute Gasteiger partial charge is 0.226 e. The van der Waals surface area contributed by atoms with Gasteiger partial charge in [-0.25, -0.2) is 0 Å². The summed E-state index contributed by atoms with van der Waals surface area (Å²) >= 11 is 0. The van der Waals surface area contributed by atoms with Crippen LogP contribution in [0.15, 0.2) is 24.3 Å². The number of rotatable bonds is 7. The third kappa shape index (κ3) is 4.68. The SMILES string of the molecule is COCCN1C(=O)C[C@@H](C(=O)NCC2CCOCC2)[C@@H]1c1ccccc1C. The van der Waals surface area contributed by atoms with Crippen molar-refractivity contribution in [3.05, 3.63) is 35.4 Å². The number of aryl methyl sites for hydroxylation is 1. The van der Waals surface area contributed by atoms with Crippen LogP contribution in [-0.4, -0.2) is 56.7 Å². The maximum Gasteiger partial charge on any atom is 0.226 e. The molecule has 0 aliphatic carbocycles. The van der Waals surface area contributed by atoms with Crippen molar-refractivity contribution in [2.45, 2.75) is 32.2 Å². The molecule has 2 aliphatic rings. The highest BCUT2D eigenvalue weighted by Gasteiger charge is 2.44. The zero-order chi connectivity index (χ0) is 19.2. The number of carbonyl (C=O) groups is 2. The molecule has 2 heterocycles. The Morgan fingerprint density at radius 1 is 1.30 bits per heavy atom. The number of nitrogens with one attached hydrogen (secondary N) is 1. The van der Waals surface area contributed by atoms with E-state index in [-0.39, 0.29) is 30.2 Å². The molecule has 1 aromatic carbocycles. The molecule has 1 aromatic rings. The summed E-state index contributed by atoms with van der Waals surface area (Å²) in [7, 11) is 1.63. The molecule has 0 unspecified atom stereocenters. The number of hydrogen-bond donors (Lipinski definition) is 1. The predicted octanol–water partition coefficient (Wildman–Crippen LogP) is 2.07. The van der Waals surface area contributed by atoms with Crippen LogP contribution in [0.4, 0.5) is 0 Å². The van der Waals surface area contributed by atoms with Gasteiger partial charge in [0.2, 0.25) is 11.8 Å². The number of carbonyl (C=O) groups excluding carboxylic acids is 2. The van der Waals surface area contributed by atoms with E-state index in [9.17, 15) is 9.59 Å². The Kier molecular flexibility index (Phi) is 6.85. The first-order valence-electron chi connectivity index (χ1n) is 9.81. The van der Waals surface area contributed by atoms with Crippen LogP contribution in [0.3, 0.4) is 0 Å². The Morgan fingerprint density at radius 3 is 2.74 bits per heavy atom. The third-order valence-electron chi connectivity index (χ3n) is 5.72. The van der Waals surface area contributed by atoms with Crippen molar-refractivity contribution in [3.63, 3.8) is 0 Å². The van der Waals surface area contributed by atoms with Gasteiger partial charge in [-0.2, -0.15) is 0 Å². The number of methoxy groups -OCH3 is 1. The van der Waals surface area contributed by atoms with Crippen LogP contribution < -0.4 is 5.32 Å². The van der Waals surface area contributed by atoms with Gasteiger partial charge in [-0.1, -0.05) is 24.3 Å². The van der Waals surface area contributed by atoms with Crippen LogP contribution in [-0.2, 0) is 19.1 Å². The molecule has 6 nitrogen and oxygen atoms in total. The van der Waals surface area contributed by atoms with E-state index in [1.54, 1.807) is 7.11 Å². The molecular weight excluding hydrogens is 344 g/mol. The van der Waals surface area contributed by atoms with Gasteiger partial charge in [-0.15, -0.1) is 0 Å². The molecule has 27 heavy (non-hydrogen) atoms. The van der Waals surface area contributed by atoms with E-state index >= 15 is 0 Å². The molecule has 0 saturated carbocycles. The van der Waals surface area contributed by atoms with Crippen molar-refractivity contribution in [2.24, 2.45) is 11.8 Å². The Hall–Kier alpha value is -1.92. The minimum Gasteiger partial charge on any atom is -0.383 e. The summed E-state index contributed by atoms with van der Waals surface area (Å²) < 4.78 is 10.6. The Balaban J connectivity index is 1.75. The zero-order valence-electron chi connectivity index (χ0n) is 16.3.